The highest BCUT2D eigenvalue weighted by molar-refractivity contribution is 6.18. The number of ether oxygens (including phenoxy) is 3. The van der Waals surface area contributed by atoms with E-state index in [4.69, 9.17) is 14.2 Å². The van der Waals surface area contributed by atoms with Gasteiger partial charge in [-0.25, -0.2) is 4.79 Å². The normalized spacial score (nSPS) is 14.2. The van der Waals surface area contributed by atoms with Crippen molar-refractivity contribution in [1.82, 2.24) is 9.88 Å². The Balaban J connectivity index is 0.00000169. The third kappa shape index (κ3) is 10.2. The van der Waals surface area contributed by atoms with Crippen LogP contribution in [0.2, 0.25) is 0 Å². The van der Waals surface area contributed by atoms with E-state index in [2.05, 4.69) is 25.9 Å². The standard InChI is InChI=1S/C33H43N3O5.2C2H6/c1-7-39-20-18-35(6)17-10-19-40-25-15-13-24(14-16-25)31(37)36-21-27(32(38)41-23(2)3)30-29(33(4,5)22-36)26-11-8-9-12-28(26)34-30;2*1-2/h8-9,11-16,21,23,34H,7,10,17-20,22H2,1-6H3;2*1-2H3/p+1. The molecular formula is C37H56N3O5+. The summed E-state index contributed by atoms with van der Waals surface area (Å²) >= 11 is 0. The van der Waals surface area contributed by atoms with Crippen LogP contribution in [-0.4, -0.2) is 74.4 Å². The van der Waals surface area contributed by atoms with Gasteiger partial charge in [-0.1, -0.05) is 59.7 Å². The molecule has 1 amide bonds. The molecule has 1 aliphatic rings. The molecule has 2 N–H and O–H groups in total. The van der Waals surface area contributed by atoms with Crippen LogP contribution in [0.1, 0.15) is 90.3 Å². The fraction of sp³-hybridized carbons (Fsp3) is 0.514. The van der Waals surface area contributed by atoms with Gasteiger partial charge < -0.3 is 29.0 Å². The minimum Gasteiger partial charge on any atom is -0.493 e. The Morgan fingerprint density at radius 1 is 0.978 bits per heavy atom. The first-order chi connectivity index (χ1) is 21.6. The van der Waals surface area contributed by atoms with Gasteiger partial charge in [-0.3, -0.25) is 4.79 Å². The predicted octanol–water partition coefficient (Wildman–Crippen LogP) is 6.27. The Morgan fingerprint density at radius 2 is 1.64 bits per heavy atom. The van der Waals surface area contributed by atoms with E-state index in [0.29, 0.717) is 30.0 Å². The summed E-state index contributed by atoms with van der Waals surface area (Å²) in [4.78, 5) is 33.6. The maximum Gasteiger partial charge on any atom is 0.342 e. The molecule has 4 rings (SSSR count). The lowest BCUT2D eigenvalue weighted by Gasteiger charge is -2.29. The van der Waals surface area contributed by atoms with E-state index >= 15 is 0 Å². The fourth-order valence-electron chi connectivity index (χ4n) is 5.32. The predicted molar refractivity (Wildman–Crippen MR) is 184 cm³/mol. The number of amides is 1. The van der Waals surface area contributed by atoms with Crippen molar-refractivity contribution in [2.45, 2.75) is 80.3 Å². The van der Waals surface area contributed by atoms with Crippen molar-refractivity contribution in [2.75, 3.05) is 46.5 Å². The molecule has 1 aliphatic heterocycles. The first-order valence-corrected chi connectivity index (χ1v) is 16.6. The smallest absolute Gasteiger partial charge is 0.342 e. The molecule has 0 aliphatic carbocycles. The summed E-state index contributed by atoms with van der Waals surface area (Å²) < 4.78 is 17.0. The Hall–Kier alpha value is -3.62. The molecule has 0 spiro atoms. The Bertz CT molecular complexity index is 1370. The summed E-state index contributed by atoms with van der Waals surface area (Å²) in [6, 6.07) is 15.2. The molecule has 1 unspecified atom stereocenters. The van der Waals surface area contributed by atoms with E-state index in [1.165, 1.54) is 4.90 Å². The van der Waals surface area contributed by atoms with Gasteiger partial charge in [0.1, 0.15) is 12.3 Å². The average molecular weight is 623 g/mol. The molecule has 2 aromatic carbocycles. The average Bonchev–Trinajstić information content (AvgIpc) is 3.38. The van der Waals surface area contributed by atoms with Crippen LogP contribution in [0.5, 0.6) is 5.75 Å². The van der Waals surface area contributed by atoms with Gasteiger partial charge in [0.15, 0.2) is 0 Å². The minimum atomic E-state index is -0.461. The zero-order chi connectivity index (χ0) is 33.6. The number of rotatable bonds is 12. The van der Waals surface area contributed by atoms with E-state index in [0.717, 1.165) is 54.9 Å². The van der Waals surface area contributed by atoms with Crippen molar-refractivity contribution in [3.05, 3.63) is 71.6 Å². The summed E-state index contributed by atoms with van der Waals surface area (Å²) in [7, 11) is 2.16. The number of nitrogens with zero attached hydrogens (tertiary/aromatic N) is 1. The SMILES string of the molecule is CC.CC.CCOCC[NH+](C)CCCOc1ccc(C(=O)N2C=C(C(=O)OC(C)C)c3[nH]c4ccccc4c3C(C)(C)C2)cc1. The van der Waals surface area contributed by atoms with Crippen molar-refractivity contribution >= 4 is 28.4 Å². The number of carbonyl (C=O) groups excluding carboxylic acids is 2. The second-order valence-corrected chi connectivity index (χ2v) is 11.6. The number of fused-ring (bicyclic) bond motifs is 3. The zero-order valence-electron chi connectivity index (χ0n) is 29.2. The Labute approximate surface area is 270 Å². The summed E-state index contributed by atoms with van der Waals surface area (Å²) in [5, 5.41) is 1.04. The van der Waals surface area contributed by atoms with Gasteiger partial charge in [-0.05, 0) is 56.7 Å². The highest BCUT2D eigenvalue weighted by Crippen LogP contribution is 2.40. The van der Waals surface area contributed by atoms with Crippen LogP contribution < -0.4 is 9.64 Å². The third-order valence-corrected chi connectivity index (χ3v) is 7.32. The second kappa shape index (κ2) is 18.4. The van der Waals surface area contributed by atoms with Crippen LogP contribution in [0.4, 0.5) is 0 Å². The van der Waals surface area contributed by atoms with Crippen LogP contribution in [-0.2, 0) is 19.7 Å². The molecule has 0 bridgehead atoms. The molecule has 3 aromatic rings. The van der Waals surface area contributed by atoms with Crippen LogP contribution in [0.25, 0.3) is 16.5 Å². The maximum atomic E-state index is 13.8. The van der Waals surface area contributed by atoms with Gasteiger partial charge in [-0.2, -0.15) is 0 Å². The van der Waals surface area contributed by atoms with Crippen molar-refractivity contribution in [3.63, 3.8) is 0 Å². The number of H-pyrrole nitrogens is 1. The van der Waals surface area contributed by atoms with Gasteiger partial charge in [-0.15, -0.1) is 0 Å². The zero-order valence-corrected chi connectivity index (χ0v) is 29.2. The quantitative estimate of drug-likeness (QED) is 0.184. The number of aromatic nitrogens is 1. The summed E-state index contributed by atoms with van der Waals surface area (Å²) in [5.74, 6) is 0.0776. The van der Waals surface area contributed by atoms with Crippen LogP contribution in [0.3, 0.4) is 0 Å². The number of carbonyl (C=O) groups is 2. The molecule has 0 radical (unpaired) electrons. The van der Waals surface area contributed by atoms with Crippen molar-refractivity contribution in [1.29, 1.82) is 0 Å². The maximum absolute atomic E-state index is 13.8. The molecule has 0 fully saturated rings. The monoisotopic (exact) mass is 622 g/mol. The molecule has 0 saturated heterocycles. The van der Waals surface area contributed by atoms with Crippen molar-refractivity contribution in [3.8, 4) is 5.75 Å². The minimum absolute atomic E-state index is 0.187. The van der Waals surface area contributed by atoms with Gasteiger partial charge in [0.05, 0.1) is 44.2 Å². The molecule has 8 nitrogen and oxygen atoms in total. The molecular weight excluding hydrogens is 566 g/mol. The van der Waals surface area contributed by atoms with E-state index in [-0.39, 0.29) is 12.0 Å². The summed E-state index contributed by atoms with van der Waals surface area (Å²) in [5.41, 5.74) is 3.08. The van der Waals surface area contributed by atoms with Crippen LogP contribution >= 0.6 is 0 Å². The number of likely N-dealkylation sites (N-methyl/N-ethyl adjacent to an activating group) is 1. The number of quaternary nitrogens is 1. The third-order valence-electron chi connectivity index (χ3n) is 7.32. The largest absolute Gasteiger partial charge is 0.493 e. The number of benzene rings is 2. The van der Waals surface area contributed by atoms with E-state index in [1.807, 2.05) is 84.9 Å². The lowest BCUT2D eigenvalue weighted by atomic mass is 9.81. The number of esters is 1. The highest BCUT2D eigenvalue weighted by Gasteiger charge is 2.37. The molecule has 0 saturated carbocycles. The van der Waals surface area contributed by atoms with Gasteiger partial charge in [0.25, 0.3) is 5.91 Å². The molecule has 8 heteroatoms. The lowest BCUT2D eigenvalue weighted by molar-refractivity contribution is -0.880. The van der Waals surface area contributed by atoms with Gasteiger partial charge in [0, 0.05) is 47.7 Å². The van der Waals surface area contributed by atoms with Crippen LogP contribution in [0.15, 0.2) is 54.7 Å². The molecule has 1 aromatic heterocycles. The number of nitrogens with one attached hydrogen (secondary N) is 2. The van der Waals surface area contributed by atoms with E-state index in [9.17, 15) is 9.59 Å². The fourth-order valence-corrected chi connectivity index (χ4v) is 5.32. The second-order valence-electron chi connectivity index (χ2n) is 11.6. The topological polar surface area (TPSA) is 85.3 Å². The molecule has 2 heterocycles. The number of hydrogen-bond donors (Lipinski definition) is 2. The summed E-state index contributed by atoms with van der Waals surface area (Å²) in [6.07, 6.45) is 2.28. The molecule has 1 atom stereocenters. The number of aromatic amines is 1. The van der Waals surface area contributed by atoms with E-state index < -0.39 is 11.4 Å². The van der Waals surface area contributed by atoms with Crippen molar-refractivity contribution < 1.29 is 28.7 Å². The first kappa shape index (κ1) is 37.6. The first-order valence-electron chi connectivity index (χ1n) is 16.6. The number of hydrogen-bond acceptors (Lipinski definition) is 5. The van der Waals surface area contributed by atoms with Crippen molar-refractivity contribution in [2.24, 2.45) is 0 Å². The molecule has 45 heavy (non-hydrogen) atoms. The molecule has 248 valence electrons. The van der Waals surface area contributed by atoms with Gasteiger partial charge >= 0.3 is 5.97 Å². The highest BCUT2D eigenvalue weighted by atomic mass is 16.5. The van der Waals surface area contributed by atoms with E-state index in [1.54, 1.807) is 23.2 Å². The van der Waals surface area contributed by atoms with Crippen LogP contribution in [0, 0.1) is 0 Å². The lowest BCUT2D eigenvalue weighted by Crippen LogP contribution is -3.09. The Morgan fingerprint density at radius 3 is 2.29 bits per heavy atom. The summed E-state index contributed by atoms with van der Waals surface area (Å²) in [6.45, 7) is 22.3. The number of para-hydroxylation sites is 1. The Kier molecular flexibility index (Phi) is 15.3. The van der Waals surface area contributed by atoms with Gasteiger partial charge in [0.2, 0.25) is 0 Å².